The molecule has 0 heterocycles. The van der Waals surface area contributed by atoms with Crippen LogP contribution in [0.5, 0.6) is 0 Å². The quantitative estimate of drug-likeness (QED) is 0.482. The monoisotopic (exact) mass is 314 g/mol. The summed E-state index contributed by atoms with van der Waals surface area (Å²) in [6.07, 6.45) is 7.43. The van der Waals surface area contributed by atoms with E-state index < -0.39 is 6.23 Å². The number of nitrogens with zero attached hydrogens (tertiary/aromatic N) is 1. The van der Waals surface area contributed by atoms with Crippen LogP contribution in [-0.4, -0.2) is 41.8 Å². The number of aliphatic hydroxyl groups excluding tert-OH is 1. The molecule has 0 spiro atoms. The number of hydrogen-bond donors (Lipinski definition) is 2. The summed E-state index contributed by atoms with van der Waals surface area (Å²) in [4.78, 5) is 14.5. The molecule has 0 fully saturated rings. The smallest absolute Gasteiger partial charge is 0.227 e. The Hall–Kier alpha value is -0.610. The molecule has 22 heavy (non-hydrogen) atoms. The topological polar surface area (TPSA) is 52.6 Å². The van der Waals surface area contributed by atoms with Crippen molar-refractivity contribution in [2.75, 3.05) is 19.6 Å². The Labute approximate surface area is 137 Å². The number of carbonyl (C=O) groups excluding carboxylic acids is 1. The van der Waals surface area contributed by atoms with Gasteiger partial charge in [-0.15, -0.1) is 0 Å². The number of rotatable bonds is 14. The average molecular weight is 315 g/mol. The van der Waals surface area contributed by atoms with Crippen LogP contribution >= 0.6 is 0 Å². The molecule has 0 aliphatic carbocycles. The van der Waals surface area contributed by atoms with E-state index in [1.54, 1.807) is 0 Å². The van der Waals surface area contributed by atoms with Gasteiger partial charge >= 0.3 is 0 Å². The maximum atomic E-state index is 12.4. The van der Waals surface area contributed by atoms with E-state index in [2.05, 4.69) is 31.0 Å². The first-order valence-corrected chi connectivity index (χ1v) is 9.32. The summed E-state index contributed by atoms with van der Waals surface area (Å²) >= 11 is 0. The molecule has 0 radical (unpaired) electrons. The summed E-state index contributed by atoms with van der Waals surface area (Å²) in [6, 6.07) is 0. The van der Waals surface area contributed by atoms with Gasteiger partial charge in [-0.05, 0) is 25.7 Å². The first-order valence-electron chi connectivity index (χ1n) is 9.32. The fraction of sp³-hybridized carbons (Fsp3) is 0.944. The number of hydrogen-bond acceptors (Lipinski definition) is 3. The lowest BCUT2D eigenvalue weighted by atomic mass is 9.97. The Morgan fingerprint density at radius 3 is 1.95 bits per heavy atom. The molecule has 4 nitrogen and oxygen atoms in total. The van der Waals surface area contributed by atoms with Crippen LogP contribution in [0.3, 0.4) is 0 Å². The Balaban J connectivity index is 4.81. The van der Waals surface area contributed by atoms with Crippen LogP contribution in [0.25, 0.3) is 0 Å². The standard InChI is InChI=1S/C18H38N2O2/c1-5-9-12-16(17(21)19-13-8-4)18(22)20(14-10-6-2)15-11-7-3/h16,18,22H,5-15H2,1-4H3,(H,19,21). The van der Waals surface area contributed by atoms with Gasteiger partial charge in [0.2, 0.25) is 5.91 Å². The Morgan fingerprint density at radius 1 is 0.955 bits per heavy atom. The predicted octanol–water partition coefficient (Wildman–Crippen LogP) is 3.54. The van der Waals surface area contributed by atoms with Gasteiger partial charge in [0, 0.05) is 19.6 Å². The molecule has 132 valence electrons. The molecule has 0 saturated carbocycles. The number of nitrogens with one attached hydrogen (secondary N) is 1. The zero-order valence-corrected chi connectivity index (χ0v) is 15.2. The molecule has 1 amide bonds. The first kappa shape index (κ1) is 21.4. The molecule has 0 aromatic rings. The highest BCUT2D eigenvalue weighted by atomic mass is 16.3. The summed E-state index contributed by atoms with van der Waals surface area (Å²) in [6.45, 7) is 10.9. The summed E-state index contributed by atoms with van der Waals surface area (Å²) in [5.74, 6) is -0.291. The number of amides is 1. The third kappa shape index (κ3) is 8.74. The molecule has 0 aromatic heterocycles. The van der Waals surface area contributed by atoms with Crippen LogP contribution in [0.2, 0.25) is 0 Å². The molecule has 2 unspecified atom stereocenters. The predicted molar refractivity (Wildman–Crippen MR) is 93.7 cm³/mol. The molecule has 0 aromatic carbocycles. The summed E-state index contributed by atoms with van der Waals surface area (Å²) in [7, 11) is 0. The Morgan fingerprint density at radius 2 is 1.50 bits per heavy atom. The van der Waals surface area contributed by atoms with Crippen molar-refractivity contribution in [3.63, 3.8) is 0 Å². The molecule has 0 rings (SSSR count). The van der Waals surface area contributed by atoms with E-state index in [9.17, 15) is 9.90 Å². The third-order valence-electron chi connectivity index (χ3n) is 4.09. The van der Waals surface area contributed by atoms with E-state index in [1.807, 2.05) is 6.92 Å². The van der Waals surface area contributed by atoms with Gasteiger partial charge < -0.3 is 10.4 Å². The second-order valence-corrected chi connectivity index (χ2v) is 6.20. The Kier molecular flexibility index (Phi) is 13.6. The van der Waals surface area contributed by atoms with Crippen molar-refractivity contribution in [3.8, 4) is 0 Å². The van der Waals surface area contributed by atoms with Gasteiger partial charge in [0.15, 0.2) is 0 Å². The zero-order chi connectivity index (χ0) is 16.8. The van der Waals surface area contributed by atoms with E-state index in [-0.39, 0.29) is 11.8 Å². The van der Waals surface area contributed by atoms with E-state index >= 15 is 0 Å². The number of unbranched alkanes of at least 4 members (excludes halogenated alkanes) is 3. The van der Waals surface area contributed by atoms with Gasteiger partial charge in [-0.25, -0.2) is 0 Å². The molecular formula is C18H38N2O2. The van der Waals surface area contributed by atoms with Gasteiger partial charge in [0.1, 0.15) is 6.23 Å². The van der Waals surface area contributed by atoms with Crippen molar-refractivity contribution in [2.24, 2.45) is 5.92 Å². The van der Waals surface area contributed by atoms with Crippen molar-refractivity contribution in [2.45, 2.75) is 85.3 Å². The molecule has 2 N–H and O–H groups in total. The molecule has 0 bridgehead atoms. The van der Waals surface area contributed by atoms with E-state index in [0.717, 1.165) is 64.5 Å². The highest BCUT2D eigenvalue weighted by molar-refractivity contribution is 5.79. The van der Waals surface area contributed by atoms with E-state index in [0.29, 0.717) is 6.54 Å². The fourth-order valence-corrected chi connectivity index (χ4v) is 2.57. The van der Waals surface area contributed by atoms with E-state index in [1.165, 1.54) is 0 Å². The van der Waals surface area contributed by atoms with Crippen LogP contribution in [0.15, 0.2) is 0 Å². The molecule has 0 aliphatic heterocycles. The highest BCUT2D eigenvalue weighted by Crippen LogP contribution is 2.18. The maximum absolute atomic E-state index is 12.4. The molecule has 2 atom stereocenters. The minimum atomic E-state index is -0.651. The SMILES string of the molecule is CCCCC(C(=O)NCCC)C(O)N(CCCC)CCCC. The number of carbonyl (C=O) groups is 1. The number of aliphatic hydroxyl groups is 1. The van der Waals surface area contributed by atoms with E-state index in [4.69, 9.17) is 0 Å². The molecule has 4 heteroatoms. The van der Waals surface area contributed by atoms with Gasteiger partial charge in [-0.3, -0.25) is 9.69 Å². The van der Waals surface area contributed by atoms with Crippen LogP contribution in [-0.2, 0) is 4.79 Å². The second-order valence-electron chi connectivity index (χ2n) is 6.20. The largest absolute Gasteiger partial charge is 0.378 e. The third-order valence-corrected chi connectivity index (χ3v) is 4.09. The van der Waals surface area contributed by atoms with Crippen LogP contribution < -0.4 is 5.32 Å². The first-order chi connectivity index (χ1) is 10.6. The lowest BCUT2D eigenvalue weighted by molar-refractivity contribution is -0.135. The van der Waals surface area contributed by atoms with Crippen molar-refractivity contribution < 1.29 is 9.90 Å². The second kappa shape index (κ2) is 14.0. The Bertz CT molecular complexity index is 264. The molecule has 0 aliphatic rings. The lowest BCUT2D eigenvalue weighted by Crippen LogP contribution is -2.48. The minimum Gasteiger partial charge on any atom is -0.378 e. The van der Waals surface area contributed by atoms with Crippen LogP contribution in [0.1, 0.15) is 79.1 Å². The van der Waals surface area contributed by atoms with Crippen LogP contribution in [0, 0.1) is 5.92 Å². The highest BCUT2D eigenvalue weighted by Gasteiger charge is 2.30. The average Bonchev–Trinajstić information content (AvgIpc) is 2.53. The summed E-state index contributed by atoms with van der Waals surface area (Å²) < 4.78 is 0. The van der Waals surface area contributed by atoms with Crippen molar-refractivity contribution in [1.82, 2.24) is 10.2 Å². The minimum absolute atomic E-state index is 0.0146. The maximum Gasteiger partial charge on any atom is 0.227 e. The van der Waals surface area contributed by atoms with Crippen molar-refractivity contribution in [1.29, 1.82) is 0 Å². The fourth-order valence-electron chi connectivity index (χ4n) is 2.57. The van der Waals surface area contributed by atoms with Gasteiger partial charge in [-0.2, -0.15) is 0 Å². The molecule has 0 saturated heterocycles. The summed E-state index contributed by atoms with van der Waals surface area (Å²) in [5, 5.41) is 13.7. The van der Waals surface area contributed by atoms with Crippen molar-refractivity contribution >= 4 is 5.91 Å². The molecular weight excluding hydrogens is 276 g/mol. The zero-order valence-electron chi connectivity index (χ0n) is 15.2. The van der Waals surface area contributed by atoms with Gasteiger partial charge in [0.25, 0.3) is 0 Å². The summed E-state index contributed by atoms with van der Waals surface area (Å²) in [5.41, 5.74) is 0. The van der Waals surface area contributed by atoms with Gasteiger partial charge in [-0.1, -0.05) is 53.4 Å². The van der Waals surface area contributed by atoms with Crippen molar-refractivity contribution in [3.05, 3.63) is 0 Å². The normalized spacial score (nSPS) is 14.1. The van der Waals surface area contributed by atoms with Gasteiger partial charge in [0.05, 0.1) is 5.92 Å². The lowest BCUT2D eigenvalue weighted by Gasteiger charge is -2.33. The van der Waals surface area contributed by atoms with Crippen LogP contribution in [0.4, 0.5) is 0 Å².